The topological polar surface area (TPSA) is 38.0 Å². The summed E-state index contributed by atoms with van der Waals surface area (Å²) in [4.78, 5) is 3.84. The van der Waals surface area contributed by atoms with Crippen molar-refractivity contribution in [1.82, 2.24) is 7.76 Å². The first kappa shape index (κ1) is 6.85. The molecule has 0 saturated heterocycles. The Kier molecular flexibility index (Phi) is 1.94. The highest BCUT2D eigenvalue weighted by Crippen LogP contribution is 2.12. The van der Waals surface area contributed by atoms with Crippen LogP contribution >= 0.6 is 22.9 Å². The average Bonchev–Trinajstić information content (AvgIpc) is 2.13. The number of aromatic hydroxyl groups is 1. The molecule has 0 saturated carbocycles. The van der Waals surface area contributed by atoms with Gasteiger partial charge in [0.05, 0.1) is 28.6 Å². The fraction of sp³-hybridized carbons (Fsp3) is 0.400. The first-order valence-corrected chi connectivity index (χ1v) is 3.64. The average molecular weight is 238 g/mol. The summed E-state index contributed by atoms with van der Waals surface area (Å²) in [6.45, 7) is 2.00. The largest absolute Gasteiger partial charge is 0.480 e. The van der Waals surface area contributed by atoms with Crippen LogP contribution in [0.15, 0.2) is 6.20 Å². The smallest absolute Gasteiger partial charge is 0.303 e. The predicted molar refractivity (Wildman–Crippen MR) is 42.7 cm³/mol. The summed E-state index contributed by atoms with van der Waals surface area (Å²) >= 11 is 1.97. The second-order valence-corrected chi connectivity index (χ2v) is 2.74. The number of rotatable bonds is 1. The van der Waals surface area contributed by atoms with Gasteiger partial charge in [-0.3, -0.25) is 0 Å². The molecule has 0 amide bonds. The van der Waals surface area contributed by atoms with E-state index in [1.807, 2.05) is 29.8 Å². The fourth-order valence-corrected chi connectivity index (χ4v) is 0.993. The van der Waals surface area contributed by atoms with Crippen molar-refractivity contribution in [2.75, 3.05) is 0 Å². The van der Waals surface area contributed by atoms with Gasteiger partial charge in [-0.1, -0.05) is 6.92 Å². The third-order valence-corrected chi connectivity index (χ3v) is 1.77. The van der Waals surface area contributed by atoms with Crippen molar-refractivity contribution in [3.05, 3.63) is 11.9 Å². The lowest BCUT2D eigenvalue weighted by Gasteiger charge is -1.82. The molecule has 0 aliphatic carbocycles. The predicted octanol–water partition coefficient (Wildman–Crippen LogP) is 1.35. The Labute approximate surface area is 67.2 Å². The van der Waals surface area contributed by atoms with Gasteiger partial charge in [0.1, 0.15) is 0 Å². The Morgan fingerprint density at radius 2 is 2.56 bits per heavy atom. The third-order valence-electron chi connectivity index (χ3n) is 1.06. The van der Waals surface area contributed by atoms with Gasteiger partial charge in [0.25, 0.3) is 0 Å². The highest BCUT2D eigenvalue weighted by atomic mass is 127. The lowest BCUT2D eigenvalue weighted by atomic mass is 10.4. The molecule has 1 aromatic heterocycles. The molecule has 0 spiro atoms. The Morgan fingerprint density at radius 3 is 2.78 bits per heavy atom. The maximum atomic E-state index is 8.92. The molecule has 50 valence electrons. The third kappa shape index (κ3) is 1.35. The number of hydrogen-bond donors (Lipinski definition) is 1. The van der Waals surface area contributed by atoms with Crippen LogP contribution in [0.5, 0.6) is 6.01 Å². The van der Waals surface area contributed by atoms with E-state index in [9.17, 15) is 0 Å². The van der Waals surface area contributed by atoms with Crippen LogP contribution in [-0.4, -0.2) is 12.9 Å². The summed E-state index contributed by atoms with van der Waals surface area (Å²) in [6.07, 6.45) is 2.67. The van der Waals surface area contributed by atoms with Crippen molar-refractivity contribution >= 4 is 22.9 Å². The van der Waals surface area contributed by atoms with Gasteiger partial charge in [-0.2, -0.15) is 4.98 Å². The van der Waals surface area contributed by atoms with E-state index >= 15 is 0 Å². The zero-order chi connectivity index (χ0) is 6.85. The van der Waals surface area contributed by atoms with Crippen molar-refractivity contribution in [3.8, 4) is 6.01 Å². The fourth-order valence-electron chi connectivity index (χ4n) is 0.564. The molecule has 0 fully saturated rings. The molecule has 0 unspecified atom stereocenters. The van der Waals surface area contributed by atoms with E-state index in [1.54, 1.807) is 8.98 Å². The SMILES string of the molecule is CCc1cn(I)c(O)n1. The summed E-state index contributed by atoms with van der Waals surface area (Å²) in [6, 6.07) is 0.0763. The number of aryl methyl sites for hydroxylation is 1. The Bertz CT molecular complexity index is 189. The summed E-state index contributed by atoms with van der Waals surface area (Å²) in [5.74, 6) is 0. The lowest BCUT2D eigenvalue weighted by molar-refractivity contribution is 0.433. The van der Waals surface area contributed by atoms with Crippen LogP contribution in [0.3, 0.4) is 0 Å². The quantitative estimate of drug-likeness (QED) is 0.750. The number of imidazole rings is 1. The van der Waals surface area contributed by atoms with Crippen LogP contribution in [0.1, 0.15) is 12.6 Å². The minimum atomic E-state index is 0.0763. The van der Waals surface area contributed by atoms with E-state index in [1.165, 1.54) is 0 Å². The monoisotopic (exact) mass is 238 g/mol. The Hall–Kier alpha value is -0.260. The summed E-state index contributed by atoms with van der Waals surface area (Å²) in [7, 11) is 0. The molecule has 0 radical (unpaired) electrons. The van der Waals surface area contributed by atoms with Gasteiger partial charge < -0.3 is 5.11 Å². The van der Waals surface area contributed by atoms with Crippen LogP contribution in [-0.2, 0) is 6.42 Å². The van der Waals surface area contributed by atoms with Crippen molar-refractivity contribution in [2.24, 2.45) is 0 Å². The van der Waals surface area contributed by atoms with Gasteiger partial charge in [0.2, 0.25) is 0 Å². The van der Waals surface area contributed by atoms with Crippen LogP contribution in [0.2, 0.25) is 0 Å². The molecule has 0 aliphatic heterocycles. The highest BCUT2D eigenvalue weighted by molar-refractivity contribution is 14.1. The Balaban J connectivity index is 2.98. The van der Waals surface area contributed by atoms with Crippen molar-refractivity contribution in [3.63, 3.8) is 0 Å². The van der Waals surface area contributed by atoms with Gasteiger partial charge >= 0.3 is 6.01 Å². The van der Waals surface area contributed by atoms with E-state index in [0.717, 1.165) is 12.1 Å². The summed E-state index contributed by atoms with van der Waals surface area (Å²) < 4.78 is 1.57. The normalized spacial score (nSPS) is 10.0. The van der Waals surface area contributed by atoms with Gasteiger partial charge in [-0.15, -0.1) is 0 Å². The standard InChI is InChI=1S/C5H7IN2O/c1-2-4-3-8(6)5(9)7-4/h3H,2H2,1H3,(H,7,9). The van der Waals surface area contributed by atoms with E-state index in [-0.39, 0.29) is 6.01 Å². The van der Waals surface area contributed by atoms with Crippen molar-refractivity contribution in [1.29, 1.82) is 0 Å². The molecule has 1 N–H and O–H groups in total. The molecular weight excluding hydrogens is 231 g/mol. The lowest BCUT2D eigenvalue weighted by Crippen LogP contribution is -1.74. The number of hydrogen-bond acceptors (Lipinski definition) is 2. The molecule has 9 heavy (non-hydrogen) atoms. The second-order valence-electron chi connectivity index (χ2n) is 1.70. The zero-order valence-electron chi connectivity index (χ0n) is 5.00. The van der Waals surface area contributed by atoms with E-state index in [4.69, 9.17) is 5.11 Å². The summed E-state index contributed by atoms with van der Waals surface area (Å²) in [5, 5.41) is 8.92. The van der Waals surface area contributed by atoms with Crippen LogP contribution < -0.4 is 0 Å². The van der Waals surface area contributed by atoms with Gasteiger partial charge in [0, 0.05) is 6.20 Å². The molecule has 0 bridgehead atoms. The molecule has 1 rings (SSSR count). The van der Waals surface area contributed by atoms with Gasteiger partial charge in [0.15, 0.2) is 0 Å². The minimum absolute atomic E-state index is 0.0763. The van der Waals surface area contributed by atoms with Crippen LogP contribution in [0, 0.1) is 0 Å². The molecule has 0 atom stereocenters. The number of nitrogens with zero attached hydrogens (tertiary/aromatic N) is 2. The molecule has 4 heteroatoms. The molecule has 1 aromatic rings. The maximum absolute atomic E-state index is 8.92. The van der Waals surface area contributed by atoms with Crippen molar-refractivity contribution in [2.45, 2.75) is 13.3 Å². The first-order valence-electron chi connectivity index (χ1n) is 2.67. The molecule has 0 aromatic carbocycles. The van der Waals surface area contributed by atoms with Crippen LogP contribution in [0.25, 0.3) is 0 Å². The summed E-state index contributed by atoms with van der Waals surface area (Å²) in [5.41, 5.74) is 0.918. The highest BCUT2D eigenvalue weighted by Gasteiger charge is 1.99. The Morgan fingerprint density at radius 1 is 1.89 bits per heavy atom. The van der Waals surface area contributed by atoms with Gasteiger partial charge in [-0.05, 0) is 6.42 Å². The number of halogens is 1. The zero-order valence-corrected chi connectivity index (χ0v) is 7.16. The minimum Gasteiger partial charge on any atom is -0.480 e. The second kappa shape index (κ2) is 2.55. The number of aromatic nitrogens is 2. The van der Waals surface area contributed by atoms with Crippen LogP contribution in [0.4, 0.5) is 0 Å². The van der Waals surface area contributed by atoms with E-state index < -0.39 is 0 Å². The van der Waals surface area contributed by atoms with E-state index in [2.05, 4.69) is 4.98 Å². The first-order chi connectivity index (χ1) is 4.24. The van der Waals surface area contributed by atoms with Crippen molar-refractivity contribution < 1.29 is 5.11 Å². The molecule has 1 heterocycles. The molecular formula is C5H7IN2O. The molecule has 3 nitrogen and oxygen atoms in total. The molecule has 0 aliphatic rings. The maximum Gasteiger partial charge on any atom is 0.303 e. The van der Waals surface area contributed by atoms with E-state index in [0.29, 0.717) is 0 Å². The van der Waals surface area contributed by atoms with Gasteiger partial charge in [-0.25, -0.2) is 2.78 Å².